The molecule has 0 N–H and O–H groups in total. The van der Waals surface area contributed by atoms with Crippen LogP contribution in [-0.4, -0.2) is 12.8 Å². The predicted molar refractivity (Wildman–Crippen MR) is 56.1 cm³/mol. The highest BCUT2D eigenvalue weighted by atomic mass is 14.7. The van der Waals surface area contributed by atoms with Gasteiger partial charge in [-0.25, -0.2) is 0 Å². The van der Waals surface area contributed by atoms with E-state index >= 15 is 0 Å². The summed E-state index contributed by atoms with van der Waals surface area (Å²) in [4.78, 5) is 4.33. The first kappa shape index (κ1) is 8.55. The van der Waals surface area contributed by atoms with Crippen LogP contribution in [0, 0.1) is 5.92 Å². The summed E-state index contributed by atoms with van der Waals surface area (Å²) in [7, 11) is 5.63. The lowest BCUT2D eigenvalue weighted by molar-refractivity contribution is 0.805. The van der Waals surface area contributed by atoms with Gasteiger partial charge in [-0.05, 0) is 36.3 Å². The Morgan fingerprint density at radius 3 is 2.92 bits per heavy atom. The Hall–Kier alpha value is -1.05. The second-order valence-electron chi connectivity index (χ2n) is 3.62. The van der Waals surface area contributed by atoms with Gasteiger partial charge in [0.15, 0.2) is 0 Å². The fourth-order valence-corrected chi connectivity index (χ4v) is 1.47. The molecule has 2 heteroatoms. The van der Waals surface area contributed by atoms with Crippen LogP contribution in [0.1, 0.15) is 24.1 Å². The molecule has 0 spiro atoms. The van der Waals surface area contributed by atoms with Crippen LogP contribution in [0.3, 0.4) is 0 Å². The molecule has 1 nitrogen and oxygen atoms in total. The molecule has 2 radical (unpaired) electrons. The molecule has 2 rings (SSSR count). The molecule has 1 saturated carbocycles. The molecule has 1 fully saturated rings. The van der Waals surface area contributed by atoms with Crippen LogP contribution in [0.25, 0.3) is 6.08 Å². The van der Waals surface area contributed by atoms with Crippen molar-refractivity contribution < 1.29 is 0 Å². The maximum Gasteiger partial charge on any atom is 0.141 e. The van der Waals surface area contributed by atoms with E-state index in [2.05, 4.69) is 11.6 Å². The van der Waals surface area contributed by atoms with Crippen LogP contribution >= 0.6 is 0 Å². The Kier molecular flexibility index (Phi) is 2.21. The highest BCUT2D eigenvalue weighted by molar-refractivity contribution is 6.30. The zero-order chi connectivity index (χ0) is 9.26. The molecule has 0 saturated heterocycles. The number of pyridine rings is 1. The molecule has 1 aromatic heterocycles. The first-order valence-corrected chi connectivity index (χ1v) is 4.67. The van der Waals surface area contributed by atoms with Crippen molar-refractivity contribution in [2.75, 3.05) is 0 Å². The molecule has 0 aromatic carbocycles. The van der Waals surface area contributed by atoms with E-state index in [1.807, 2.05) is 18.2 Å². The van der Waals surface area contributed by atoms with Crippen LogP contribution in [0.2, 0.25) is 0 Å². The summed E-state index contributed by atoms with van der Waals surface area (Å²) in [5, 5.41) is 0. The van der Waals surface area contributed by atoms with Gasteiger partial charge < -0.3 is 0 Å². The lowest BCUT2D eigenvalue weighted by atomic mass is 10.00. The number of hydrogen-bond acceptors (Lipinski definition) is 1. The standard InChI is InChI=1S/C11H12BN/c1-2-9-5-6-11(12)13-10(9)7-8-3-4-8/h2,5-6,8H,1,3-4,7H2. The summed E-state index contributed by atoms with van der Waals surface area (Å²) in [6.45, 7) is 3.77. The van der Waals surface area contributed by atoms with Crippen molar-refractivity contribution in [3.8, 4) is 0 Å². The summed E-state index contributed by atoms with van der Waals surface area (Å²) < 4.78 is 0. The summed E-state index contributed by atoms with van der Waals surface area (Å²) in [6.07, 6.45) is 5.59. The quantitative estimate of drug-likeness (QED) is 0.624. The topological polar surface area (TPSA) is 12.9 Å². The van der Waals surface area contributed by atoms with E-state index in [1.54, 1.807) is 0 Å². The molecular weight excluding hydrogens is 157 g/mol. The Morgan fingerprint density at radius 2 is 2.31 bits per heavy atom. The first-order chi connectivity index (χ1) is 6.29. The summed E-state index contributed by atoms with van der Waals surface area (Å²) >= 11 is 0. The minimum absolute atomic E-state index is 0.612. The minimum Gasteiger partial charge on any atom is -0.269 e. The fraction of sp³-hybridized carbons (Fsp3) is 0.364. The van der Waals surface area contributed by atoms with Gasteiger partial charge in [0.1, 0.15) is 7.85 Å². The fourth-order valence-electron chi connectivity index (χ4n) is 1.47. The first-order valence-electron chi connectivity index (χ1n) is 4.67. The minimum atomic E-state index is 0.612. The van der Waals surface area contributed by atoms with E-state index in [9.17, 15) is 0 Å². The molecule has 0 amide bonds. The van der Waals surface area contributed by atoms with Crippen molar-refractivity contribution in [1.82, 2.24) is 4.98 Å². The zero-order valence-corrected chi connectivity index (χ0v) is 7.66. The van der Waals surface area contributed by atoms with E-state index in [1.165, 1.54) is 12.8 Å². The largest absolute Gasteiger partial charge is 0.269 e. The second-order valence-corrected chi connectivity index (χ2v) is 3.62. The van der Waals surface area contributed by atoms with Crippen LogP contribution in [-0.2, 0) is 6.42 Å². The summed E-state index contributed by atoms with van der Waals surface area (Å²) in [6, 6.07) is 3.82. The van der Waals surface area contributed by atoms with Crippen molar-refractivity contribution in [1.29, 1.82) is 0 Å². The molecule has 1 aliphatic carbocycles. The van der Waals surface area contributed by atoms with Gasteiger partial charge >= 0.3 is 0 Å². The van der Waals surface area contributed by atoms with Crippen LogP contribution in [0.15, 0.2) is 18.7 Å². The molecule has 0 unspecified atom stereocenters. The van der Waals surface area contributed by atoms with Crippen molar-refractivity contribution in [3.63, 3.8) is 0 Å². The second kappa shape index (κ2) is 3.37. The van der Waals surface area contributed by atoms with Crippen molar-refractivity contribution in [2.45, 2.75) is 19.3 Å². The lowest BCUT2D eigenvalue weighted by Gasteiger charge is -2.05. The summed E-state index contributed by atoms with van der Waals surface area (Å²) in [5.74, 6) is 0.841. The van der Waals surface area contributed by atoms with E-state index in [4.69, 9.17) is 7.85 Å². The van der Waals surface area contributed by atoms with Gasteiger partial charge in [0, 0.05) is 5.69 Å². The number of hydrogen-bond donors (Lipinski definition) is 0. The molecule has 64 valence electrons. The number of nitrogens with zero attached hydrogens (tertiary/aromatic N) is 1. The smallest absolute Gasteiger partial charge is 0.141 e. The van der Waals surface area contributed by atoms with Gasteiger partial charge in [0.05, 0.1) is 0 Å². The molecular formula is C11H12BN. The summed E-state index contributed by atoms with van der Waals surface area (Å²) in [5.41, 5.74) is 2.85. The third kappa shape index (κ3) is 2.00. The van der Waals surface area contributed by atoms with Gasteiger partial charge in [-0.15, -0.1) is 0 Å². The zero-order valence-electron chi connectivity index (χ0n) is 7.66. The maximum absolute atomic E-state index is 5.63. The maximum atomic E-state index is 5.63. The van der Waals surface area contributed by atoms with E-state index in [0.29, 0.717) is 5.59 Å². The normalized spacial score (nSPS) is 15.7. The number of aromatic nitrogens is 1. The Bertz CT molecular complexity index is 329. The SMILES string of the molecule is [B]c1ccc(C=C)c(CC2CC2)n1. The van der Waals surface area contributed by atoms with Crippen molar-refractivity contribution >= 4 is 19.5 Å². The van der Waals surface area contributed by atoms with E-state index in [-0.39, 0.29) is 0 Å². The van der Waals surface area contributed by atoms with Crippen LogP contribution in [0.4, 0.5) is 0 Å². The van der Waals surface area contributed by atoms with Gasteiger partial charge in [-0.1, -0.05) is 24.8 Å². The Labute approximate surface area is 80.3 Å². The molecule has 1 aliphatic rings. The third-order valence-corrected chi connectivity index (χ3v) is 2.43. The molecule has 0 bridgehead atoms. The van der Waals surface area contributed by atoms with Crippen LogP contribution in [0.5, 0.6) is 0 Å². The van der Waals surface area contributed by atoms with E-state index in [0.717, 1.165) is 23.6 Å². The average molecular weight is 169 g/mol. The Morgan fingerprint density at radius 1 is 1.54 bits per heavy atom. The van der Waals surface area contributed by atoms with Crippen molar-refractivity contribution in [2.24, 2.45) is 5.92 Å². The average Bonchev–Trinajstić information content (AvgIpc) is 2.89. The molecule has 1 aromatic rings. The van der Waals surface area contributed by atoms with Crippen LogP contribution < -0.4 is 5.59 Å². The monoisotopic (exact) mass is 169 g/mol. The number of rotatable bonds is 3. The lowest BCUT2D eigenvalue weighted by Crippen LogP contribution is -2.11. The van der Waals surface area contributed by atoms with Gasteiger partial charge in [-0.3, -0.25) is 4.98 Å². The highest BCUT2D eigenvalue weighted by Crippen LogP contribution is 2.32. The Balaban J connectivity index is 2.27. The third-order valence-electron chi connectivity index (χ3n) is 2.43. The van der Waals surface area contributed by atoms with Gasteiger partial charge in [-0.2, -0.15) is 0 Å². The van der Waals surface area contributed by atoms with Gasteiger partial charge in [0.2, 0.25) is 0 Å². The predicted octanol–water partition coefficient (Wildman–Crippen LogP) is 1.47. The highest BCUT2D eigenvalue weighted by Gasteiger charge is 2.22. The van der Waals surface area contributed by atoms with Crippen molar-refractivity contribution in [3.05, 3.63) is 30.0 Å². The molecule has 13 heavy (non-hydrogen) atoms. The molecule has 0 atom stereocenters. The van der Waals surface area contributed by atoms with E-state index < -0.39 is 0 Å². The van der Waals surface area contributed by atoms with Gasteiger partial charge in [0.25, 0.3) is 0 Å². The molecule has 1 heterocycles. The molecule has 0 aliphatic heterocycles.